The van der Waals surface area contributed by atoms with Crippen molar-refractivity contribution in [3.05, 3.63) is 54.4 Å². The summed E-state index contributed by atoms with van der Waals surface area (Å²) >= 11 is 1.35. The molecule has 1 N–H and O–H groups in total. The molecule has 33 heavy (non-hydrogen) atoms. The number of hydrogen-bond acceptors (Lipinski definition) is 7. The van der Waals surface area contributed by atoms with Gasteiger partial charge in [-0.2, -0.15) is 0 Å². The molecule has 8 nitrogen and oxygen atoms in total. The third kappa shape index (κ3) is 6.89. The normalized spacial score (nSPS) is 11.8. The van der Waals surface area contributed by atoms with E-state index in [1.807, 2.05) is 35.8 Å². The SMILES string of the molecule is COc1ccc(NC(=O)CSc2nnc(C(C)Oc3cccc(OC)c3)n2CC(C)C)cc1. The second kappa shape index (κ2) is 11.6. The molecule has 0 aliphatic heterocycles. The molecule has 0 saturated heterocycles. The lowest BCUT2D eigenvalue weighted by Crippen LogP contribution is -2.17. The monoisotopic (exact) mass is 470 g/mol. The van der Waals surface area contributed by atoms with Crippen LogP contribution in [0.1, 0.15) is 32.7 Å². The summed E-state index contributed by atoms with van der Waals surface area (Å²) in [7, 11) is 3.23. The van der Waals surface area contributed by atoms with Crippen molar-refractivity contribution < 1.29 is 19.0 Å². The number of aromatic nitrogens is 3. The number of thioether (sulfide) groups is 1. The van der Waals surface area contributed by atoms with Gasteiger partial charge in [-0.1, -0.05) is 31.7 Å². The molecule has 3 aromatic rings. The van der Waals surface area contributed by atoms with Crippen LogP contribution >= 0.6 is 11.8 Å². The molecule has 1 amide bonds. The summed E-state index contributed by atoms with van der Waals surface area (Å²) in [4.78, 5) is 12.5. The van der Waals surface area contributed by atoms with Crippen molar-refractivity contribution >= 4 is 23.4 Å². The topological polar surface area (TPSA) is 87.5 Å². The molecule has 1 aromatic heterocycles. The molecule has 0 radical (unpaired) electrons. The first kappa shape index (κ1) is 24.4. The van der Waals surface area contributed by atoms with Crippen molar-refractivity contribution in [2.45, 2.75) is 38.6 Å². The summed E-state index contributed by atoms with van der Waals surface area (Å²) in [6.07, 6.45) is -0.328. The van der Waals surface area contributed by atoms with E-state index in [9.17, 15) is 4.79 Å². The maximum Gasteiger partial charge on any atom is 0.234 e. The second-order valence-corrected chi connectivity index (χ2v) is 8.79. The van der Waals surface area contributed by atoms with E-state index in [1.54, 1.807) is 38.5 Å². The number of hydrogen-bond donors (Lipinski definition) is 1. The van der Waals surface area contributed by atoms with Gasteiger partial charge in [0.25, 0.3) is 0 Å². The first-order valence-corrected chi connectivity index (χ1v) is 11.7. The number of benzene rings is 2. The highest BCUT2D eigenvalue weighted by Crippen LogP contribution is 2.27. The fourth-order valence-electron chi connectivity index (χ4n) is 3.18. The van der Waals surface area contributed by atoms with Gasteiger partial charge in [-0.25, -0.2) is 0 Å². The molecule has 2 aromatic carbocycles. The molecule has 0 aliphatic carbocycles. The van der Waals surface area contributed by atoms with Gasteiger partial charge < -0.3 is 24.1 Å². The van der Waals surface area contributed by atoms with Gasteiger partial charge in [0.05, 0.1) is 20.0 Å². The Balaban J connectivity index is 1.68. The quantitative estimate of drug-likeness (QED) is 0.402. The van der Waals surface area contributed by atoms with Gasteiger partial charge in [0.2, 0.25) is 5.91 Å². The van der Waals surface area contributed by atoms with Gasteiger partial charge in [-0.3, -0.25) is 4.79 Å². The van der Waals surface area contributed by atoms with Gasteiger partial charge in [0.1, 0.15) is 17.2 Å². The third-order valence-corrected chi connectivity index (χ3v) is 5.68. The zero-order valence-electron chi connectivity index (χ0n) is 19.6. The summed E-state index contributed by atoms with van der Waals surface area (Å²) in [6.45, 7) is 6.91. The molecule has 1 heterocycles. The van der Waals surface area contributed by atoms with Crippen LogP contribution in [-0.4, -0.2) is 40.6 Å². The number of anilines is 1. The summed E-state index contributed by atoms with van der Waals surface area (Å²) in [5, 5.41) is 12.3. The Morgan fingerprint density at radius 3 is 2.36 bits per heavy atom. The number of rotatable bonds is 11. The molecule has 1 unspecified atom stereocenters. The zero-order valence-corrected chi connectivity index (χ0v) is 20.4. The molecule has 1 atom stereocenters. The molecule has 0 fully saturated rings. The minimum Gasteiger partial charge on any atom is -0.497 e. The smallest absolute Gasteiger partial charge is 0.234 e. The first-order chi connectivity index (χ1) is 15.9. The Morgan fingerprint density at radius 2 is 1.70 bits per heavy atom. The zero-order chi connectivity index (χ0) is 23.8. The largest absolute Gasteiger partial charge is 0.497 e. The van der Waals surface area contributed by atoms with E-state index in [-0.39, 0.29) is 17.8 Å². The molecule has 3 rings (SSSR count). The predicted molar refractivity (Wildman–Crippen MR) is 129 cm³/mol. The van der Waals surface area contributed by atoms with Gasteiger partial charge >= 0.3 is 0 Å². The third-order valence-electron chi connectivity index (χ3n) is 4.72. The van der Waals surface area contributed by atoms with Crippen LogP contribution in [0.4, 0.5) is 5.69 Å². The lowest BCUT2D eigenvalue weighted by atomic mass is 10.2. The highest BCUT2D eigenvalue weighted by Gasteiger charge is 2.21. The van der Waals surface area contributed by atoms with E-state index >= 15 is 0 Å². The van der Waals surface area contributed by atoms with Crippen LogP contribution in [0.3, 0.4) is 0 Å². The number of methoxy groups -OCH3 is 2. The number of carbonyl (C=O) groups excluding carboxylic acids is 1. The van der Waals surface area contributed by atoms with Crippen molar-refractivity contribution in [2.75, 3.05) is 25.3 Å². The highest BCUT2D eigenvalue weighted by atomic mass is 32.2. The van der Waals surface area contributed by atoms with Crippen LogP contribution in [0.2, 0.25) is 0 Å². The standard InChI is InChI=1S/C24H30N4O4S/c1-16(2)14-28-23(17(3)32-21-8-6-7-20(13-21)31-5)26-27-24(28)33-15-22(29)25-18-9-11-19(30-4)12-10-18/h6-13,16-17H,14-15H2,1-5H3,(H,25,29). The molecule has 176 valence electrons. The molecule has 9 heteroatoms. The average molecular weight is 471 g/mol. The average Bonchev–Trinajstić information content (AvgIpc) is 3.20. The minimum atomic E-state index is -0.328. The van der Waals surface area contributed by atoms with Gasteiger partial charge in [0.15, 0.2) is 17.1 Å². The Labute approximate surface area is 198 Å². The van der Waals surface area contributed by atoms with Crippen molar-refractivity contribution in [1.29, 1.82) is 0 Å². The maximum absolute atomic E-state index is 12.5. The van der Waals surface area contributed by atoms with Crippen LogP contribution < -0.4 is 19.5 Å². The van der Waals surface area contributed by atoms with Gasteiger partial charge in [-0.05, 0) is 49.2 Å². The number of nitrogens with one attached hydrogen (secondary N) is 1. The lowest BCUT2D eigenvalue weighted by Gasteiger charge is -2.18. The summed E-state index contributed by atoms with van der Waals surface area (Å²) in [5.74, 6) is 3.33. The number of amides is 1. The van der Waals surface area contributed by atoms with E-state index in [4.69, 9.17) is 14.2 Å². The fraction of sp³-hybridized carbons (Fsp3) is 0.375. The number of ether oxygens (including phenoxy) is 3. The van der Waals surface area contributed by atoms with Crippen molar-refractivity contribution in [2.24, 2.45) is 5.92 Å². The molecule has 0 saturated carbocycles. The van der Waals surface area contributed by atoms with Crippen LogP contribution in [0.5, 0.6) is 17.2 Å². The fourth-order valence-corrected chi connectivity index (χ4v) is 3.93. The summed E-state index contributed by atoms with van der Waals surface area (Å²) in [6, 6.07) is 14.7. The first-order valence-electron chi connectivity index (χ1n) is 10.7. The van der Waals surface area contributed by atoms with Crippen LogP contribution in [-0.2, 0) is 11.3 Å². The Morgan fingerprint density at radius 1 is 1.00 bits per heavy atom. The Hall–Kier alpha value is -3.20. The van der Waals surface area contributed by atoms with Gasteiger partial charge in [0, 0.05) is 18.3 Å². The Kier molecular flexibility index (Phi) is 8.59. The summed E-state index contributed by atoms with van der Waals surface area (Å²) < 4.78 is 18.5. The molecular weight excluding hydrogens is 440 g/mol. The van der Waals surface area contributed by atoms with Crippen molar-refractivity contribution in [3.63, 3.8) is 0 Å². The van der Waals surface area contributed by atoms with Crippen LogP contribution in [0.15, 0.2) is 53.7 Å². The second-order valence-electron chi connectivity index (χ2n) is 7.85. The van der Waals surface area contributed by atoms with E-state index < -0.39 is 0 Å². The van der Waals surface area contributed by atoms with Crippen LogP contribution in [0.25, 0.3) is 0 Å². The van der Waals surface area contributed by atoms with Crippen molar-refractivity contribution in [1.82, 2.24) is 14.8 Å². The molecular formula is C24H30N4O4S. The predicted octanol–water partition coefficient (Wildman–Crippen LogP) is 4.82. The van der Waals surface area contributed by atoms with E-state index in [1.165, 1.54) is 11.8 Å². The number of nitrogens with zero attached hydrogens (tertiary/aromatic N) is 3. The number of carbonyl (C=O) groups is 1. The molecule has 0 aliphatic rings. The summed E-state index contributed by atoms with van der Waals surface area (Å²) in [5.41, 5.74) is 0.714. The lowest BCUT2D eigenvalue weighted by molar-refractivity contribution is -0.113. The van der Waals surface area contributed by atoms with E-state index in [2.05, 4.69) is 29.4 Å². The minimum absolute atomic E-state index is 0.119. The maximum atomic E-state index is 12.5. The van der Waals surface area contributed by atoms with Gasteiger partial charge in [-0.15, -0.1) is 10.2 Å². The van der Waals surface area contributed by atoms with Crippen LogP contribution in [0, 0.1) is 5.92 Å². The highest BCUT2D eigenvalue weighted by molar-refractivity contribution is 7.99. The molecule has 0 spiro atoms. The molecule has 0 bridgehead atoms. The Bertz CT molecular complexity index is 1050. The van der Waals surface area contributed by atoms with E-state index in [0.29, 0.717) is 28.3 Å². The van der Waals surface area contributed by atoms with Crippen molar-refractivity contribution in [3.8, 4) is 17.2 Å². The van der Waals surface area contributed by atoms with E-state index in [0.717, 1.165) is 18.0 Å².